The number of oxime groups is 2. The van der Waals surface area contributed by atoms with Crippen molar-refractivity contribution >= 4 is 109 Å². The summed E-state index contributed by atoms with van der Waals surface area (Å²) in [6.45, 7) is 0.264. The zero-order valence-corrected chi connectivity index (χ0v) is 33.9. The van der Waals surface area contributed by atoms with E-state index in [4.69, 9.17) is 4.74 Å². The molecular weight excluding hydrogens is 992 g/mol. The summed E-state index contributed by atoms with van der Waals surface area (Å²) in [5, 5.41) is 60.8. The van der Waals surface area contributed by atoms with Gasteiger partial charge in [0.15, 0.2) is 17.2 Å². The Morgan fingerprint density at radius 1 is 0.686 bits per heavy atom. The Labute approximate surface area is 333 Å². The van der Waals surface area contributed by atoms with E-state index < -0.39 is 11.8 Å². The molecule has 0 aliphatic heterocycles. The third-order valence-electron chi connectivity index (χ3n) is 7.04. The van der Waals surface area contributed by atoms with E-state index in [1.54, 1.807) is 54.6 Å². The van der Waals surface area contributed by atoms with Gasteiger partial charge in [-0.15, -0.1) is 0 Å². The minimum atomic E-state index is -0.676. The topological polar surface area (TPSA) is 193 Å². The summed E-state index contributed by atoms with van der Waals surface area (Å²) in [6.07, 6.45) is 3.29. The third-order valence-corrected chi connectivity index (χ3v) is 10.1. The maximum Gasteiger partial charge on any atom is 0.273 e. The van der Waals surface area contributed by atoms with Crippen LogP contribution in [-0.2, 0) is 28.9 Å². The van der Waals surface area contributed by atoms with Crippen LogP contribution in [0.15, 0.2) is 99.5 Å². The molecule has 0 saturated carbocycles. The SMILES string of the molecule is O=C(N/C=C/c1ccc(O)c(Br)c1)/C(Cc1cc(Br)c(O)c(Oc2c(Br)cc(C/C(=N\O)C(=O)NCCc3ccc(O)c(Br)c3)cc2Br)c1)=N/O. The first kappa shape index (κ1) is 39.9. The molecule has 0 unspecified atom stereocenters. The van der Waals surface area contributed by atoms with Gasteiger partial charge in [-0.1, -0.05) is 22.4 Å². The second-order valence-electron chi connectivity index (χ2n) is 10.7. The monoisotopic (exact) mass is 1010 g/mol. The highest BCUT2D eigenvalue weighted by atomic mass is 79.9. The number of phenols is 3. The van der Waals surface area contributed by atoms with Crippen molar-refractivity contribution in [2.45, 2.75) is 19.3 Å². The average molecular weight is 1020 g/mol. The van der Waals surface area contributed by atoms with Gasteiger partial charge in [0.05, 0.1) is 22.4 Å². The van der Waals surface area contributed by atoms with Gasteiger partial charge in [0.2, 0.25) is 0 Å². The summed E-state index contributed by atoms with van der Waals surface area (Å²) in [4.78, 5) is 25.5. The molecule has 4 aromatic carbocycles. The molecule has 0 aromatic heterocycles. The Bertz CT molecular complexity index is 2030. The lowest BCUT2D eigenvalue weighted by Crippen LogP contribution is -2.33. The summed E-state index contributed by atoms with van der Waals surface area (Å²) < 4.78 is 8.21. The molecule has 0 bridgehead atoms. The highest BCUT2D eigenvalue weighted by Crippen LogP contribution is 2.43. The molecule has 51 heavy (non-hydrogen) atoms. The van der Waals surface area contributed by atoms with Crippen LogP contribution in [-0.4, -0.2) is 55.5 Å². The lowest BCUT2D eigenvalue weighted by Gasteiger charge is -2.15. The van der Waals surface area contributed by atoms with Crippen LogP contribution in [0.4, 0.5) is 0 Å². The van der Waals surface area contributed by atoms with Gasteiger partial charge in [-0.3, -0.25) is 9.59 Å². The van der Waals surface area contributed by atoms with Gasteiger partial charge in [-0.2, -0.15) is 0 Å². The average Bonchev–Trinajstić information content (AvgIpc) is 3.09. The van der Waals surface area contributed by atoms with E-state index in [0.29, 0.717) is 41.0 Å². The van der Waals surface area contributed by atoms with E-state index in [-0.39, 0.29) is 64.0 Å². The number of rotatable bonds is 13. The molecule has 0 spiro atoms. The van der Waals surface area contributed by atoms with Crippen LogP contribution in [0.2, 0.25) is 0 Å². The van der Waals surface area contributed by atoms with Crippen LogP contribution in [0.5, 0.6) is 28.7 Å². The molecule has 4 rings (SSSR count). The van der Waals surface area contributed by atoms with Crippen molar-refractivity contribution in [1.82, 2.24) is 10.6 Å². The second-order valence-corrected chi connectivity index (χ2v) is 14.9. The number of halogens is 5. The van der Waals surface area contributed by atoms with Crippen LogP contribution in [0.1, 0.15) is 22.3 Å². The number of ether oxygens (including phenoxy) is 1. The normalized spacial score (nSPS) is 11.9. The molecule has 0 radical (unpaired) electrons. The van der Waals surface area contributed by atoms with Gasteiger partial charge in [-0.25, -0.2) is 0 Å². The van der Waals surface area contributed by atoms with E-state index in [1.165, 1.54) is 18.3 Å². The first-order chi connectivity index (χ1) is 24.3. The van der Waals surface area contributed by atoms with E-state index in [2.05, 4.69) is 101 Å². The lowest BCUT2D eigenvalue weighted by atomic mass is 10.1. The van der Waals surface area contributed by atoms with Crippen molar-refractivity contribution in [3.63, 3.8) is 0 Å². The molecule has 17 heteroatoms. The highest BCUT2D eigenvalue weighted by molar-refractivity contribution is 9.11. The number of carbonyl (C=O) groups is 2. The number of aromatic hydroxyl groups is 3. The van der Waals surface area contributed by atoms with Gasteiger partial charge in [0.1, 0.15) is 22.9 Å². The molecule has 2 amide bonds. The lowest BCUT2D eigenvalue weighted by molar-refractivity contribution is -0.115. The first-order valence-electron chi connectivity index (χ1n) is 14.6. The number of amides is 2. The predicted molar refractivity (Wildman–Crippen MR) is 209 cm³/mol. The Morgan fingerprint density at radius 2 is 1.24 bits per heavy atom. The number of carbonyl (C=O) groups excluding carboxylic acids is 2. The van der Waals surface area contributed by atoms with Crippen LogP contribution in [0, 0.1) is 0 Å². The first-order valence-corrected chi connectivity index (χ1v) is 18.6. The van der Waals surface area contributed by atoms with Gasteiger partial charge < -0.3 is 41.1 Å². The highest BCUT2D eigenvalue weighted by Gasteiger charge is 2.20. The number of phenolic OH excluding ortho intramolecular Hbond substituents is 3. The largest absolute Gasteiger partial charge is 0.507 e. The minimum absolute atomic E-state index is 0.0154. The quantitative estimate of drug-likeness (QED) is 0.0395. The van der Waals surface area contributed by atoms with E-state index in [1.807, 2.05) is 0 Å². The summed E-state index contributed by atoms with van der Waals surface area (Å²) in [7, 11) is 0. The van der Waals surface area contributed by atoms with Crippen molar-refractivity contribution in [2.75, 3.05) is 6.54 Å². The van der Waals surface area contributed by atoms with Crippen LogP contribution >= 0.6 is 79.6 Å². The number of benzene rings is 4. The van der Waals surface area contributed by atoms with Crippen molar-refractivity contribution < 1.29 is 40.1 Å². The maximum absolute atomic E-state index is 12.7. The number of hydrogen-bond donors (Lipinski definition) is 7. The predicted octanol–water partition coefficient (Wildman–Crippen LogP) is 8.30. The molecule has 0 saturated heterocycles. The molecule has 0 fully saturated rings. The van der Waals surface area contributed by atoms with Crippen molar-refractivity contribution in [2.24, 2.45) is 10.3 Å². The fourth-order valence-electron chi connectivity index (χ4n) is 4.49. The van der Waals surface area contributed by atoms with E-state index >= 15 is 0 Å². The second kappa shape index (κ2) is 18.5. The van der Waals surface area contributed by atoms with Crippen LogP contribution in [0.25, 0.3) is 6.08 Å². The summed E-state index contributed by atoms with van der Waals surface area (Å²) >= 11 is 16.7. The summed E-state index contributed by atoms with van der Waals surface area (Å²) in [6, 6.07) is 16.2. The van der Waals surface area contributed by atoms with E-state index in [9.17, 15) is 35.3 Å². The molecule has 0 aliphatic carbocycles. The number of nitrogens with zero attached hydrogens (tertiary/aromatic N) is 2. The molecule has 4 aromatic rings. The fourth-order valence-corrected chi connectivity index (χ4v) is 7.25. The number of nitrogens with one attached hydrogen (secondary N) is 2. The van der Waals surface area contributed by atoms with Gasteiger partial charge in [-0.05, 0) is 163 Å². The Balaban J connectivity index is 1.41. The molecule has 266 valence electrons. The fraction of sp³-hybridized carbons (Fsp3) is 0.118. The molecule has 12 nitrogen and oxygen atoms in total. The van der Waals surface area contributed by atoms with Gasteiger partial charge in [0.25, 0.3) is 11.8 Å². The van der Waals surface area contributed by atoms with Gasteiger partial charge in [0, 0.05) is 25.6 Å². The van der Waals surface area contributed by atoms with Crippen molar-refractivity contribution in [3.8, 4) is 28.7 Å². The zero-order chi connectivity index (χ0) is 37.2. The molecule has 0 aliphatic rings. The van der Waals surface area contributed by atoms with Crippen LogP contribution < -0.4 is 15.4 Å². The maximum atomic E-state index is 12.7. The summed E-state index contributed by atoms with van der Waals surface area (Å²) in [5.41, 5.74) is 2.27. The Morgan fingerprint density at radius 3 is 1.84 bits per heavy atom. The summed E-state index contributed by atoms with van der Waals surface area (Å²) in [5.74, 6) is -1.00. The molecular formula is C34H27Br5N4O8. The van der Waals surface area contributed by atoms with E-state index in [0.717, 1.165) is 5.56 Å². The minimum Gasteiger partial charge on any atom is -0.507 e. The third kappa shape index (κ3) is 11.0. The molecule has 0 atom stereocenters. The van der Waals surface area contributed by atoms with Crippen molar-refractivity contribution in [3.05, 3.63) is 111 Å². The molecule has 7 N–H and O–H groups in total. The van der Waals surface area contributed by atoms with Crippen LogP contribution in [0.3, 0.4) is 0 Å². The zero-order valence-electron chi connectivity index (χ0n) is 26.0. The number of hydrogen-bond acceptors (Lipinski definition) is 10. The van der Waals surface area contributed by atoms with Crippen molar-refractivity contribution in [1.29, 1.82) is 0 Å². The Kier molecular flexibility index (Phi) is 14.5. The Hall–Kier alpha value is -3.90. The standard InChI is InChI=1S/C34H27Br5N4O8/c35-21-9-17(1-3-28(21)44)5-7-40-33(47)26(42-49)14-19-12-24(38)32(25(39)13-19)51-30-16-20(11-23(37)31(30)46)15-27(43-50)34(48)41-8-6-18-2-4-29(45)22(36)10-18/h1-4,6,8-13,16,44-46,49-50H,5,7,14-15H2,(H,40,47)(H,41,48)/b8-6+,42-26+,43-27+. The van der Waals surface area contributed by atoms with Gasteiger partial charge >= 0.3 is 0 Å². The molecule has 0 heterocycles. The smallest absolute Gasteiger partial charge is 0.273 e.